The molecule has 2 aromatic carbocycles. The minimum Gasteiger partial charge on any atom is -0.456 e. The van der Waals surface area contributed by atoms with Crippen LogP contribution in [0.4, 0.5) is 0 Å². The summed E-state index contributed by atoms with van der Waals surface area (Å²) < 4.78 is 33.7. The van der Waals surface area contributed by atoms with Gasteiger partial charge in [-0.25, -0.2) is 8.42 Å². The summed E-state index contributed by atoms with van der Waals surface area (Å²) in [5.41, 5.74) is 3.19. The molecule has 5 nitrogen and oxygen atoms in total. The van der Waals surface area contributed by atoms with Crippen molar-refractivity contribution in [3.8, 4) is 0 Å². The van der Waals surface area contributed by atoms with E-state index in [9.17, 15) is 13.2 Å². The van der Waals surface area contributed by atoms with Gasteiger partial charge in [0, 0.05) is 13.5 Å². The van der Waals surface area contributed by atoms with Gasteiger partial charge in [-0.3, -0.25) is 4.79 Å². The van der Waals surface area contributed by atoms with Crippen molar-refractivity contribution in [2.24, 2.45) is 0 Å². The highest BCUT2D eigenvalue weighted by molar-refractivity contribution is 7.89. The van der Waals surface area contributed by atoms with Gasteiger partial charge in [-0.2, -0.15) is 4.31 Å². The molecule has 2 atom stereocenters. The molecule has 0 aliphatic heterocycles. The molecule has 2 aromatic rings. The summed E-state index contributed by atoms with van der Waals surface area (Å²) in [6, 6.07) is 12.4. The van der Waals surface area contributed by atoms with Gasteiger partial charge in [0.15, 0.2) is 0 Å². The summed E-state index contributed by atoms with van der Waals surface area (Å²) in [6.45, 7) is 9.03. The van der Waals surface area contributed by atoms with Crippen LogP contribution in [0, 0.1) is 20.8 Å². The number of likely N-dealkylation sites (N-methyl/N-ethyl adjacent to an activating group) is 1. The Hall–Kier alpha value is -2.18. The second-order valence-corrected chi connectivity index (χ2v) is 9.10. The summed E-state index contributed by atoms with van der Waals surface area (Å²) >= 11 is 0. The maximum Gasteiger partial charge on any atom is 0.306 e. The highest BCUT2D eigenvalue weighted by atomic mass is 32.2. The predicted octanol–water partition coefficient (Wildman–Crippen LogP) is 4.32. The van der Waals surface area contributed by atoms with Gasteiger partial charge < -0.3 is 4.74 Å². The topological polar surface area (TPSA) is 63.7 Å². The van der Waals surface area contributed by atoms with E-state index in [4.69, 9.17) is 4.74 Å². The fourth-order valence-electron chi connectivity index (χ4n) is 3.44. The molecule has 0 N–H and O–H groups in total. The molecule has 0 saturated carbocycles. The Bertz CT molecular complexity index is 915. The van der Waals surface area contributed by atoms with Crippen LogP contribution in [0.1, 0.15) is 48.6 Å². The molecule has 6 heteroatoms. The smallest absolute Gasteiger partial charge is 0.306 e. The van der Waals surface area contributed by atoms with Crippen LogP contribution in [0.2, 0.25) is 0 Å². The molecule has 2 rings (SSSR count). The molecule has 0 amide bonds. The van der Waals surface area contributed by atoms with Crippen molar-refractivity contribution < 1.29 is 17.9 Å². The number of hydrogen-bond acceptors (Lipinski definition) is 4. The molecule has 0 aliphatic carbocycles. The van der Waals surface area contributed by atoms with E-state index >= 15 is 0 Å². The molecule has 0 saturated heterocycles. The summed E-state index contributed by atoms with van der Waals surface area (Å²) in [7, 11) is -2.23. The van der Waals surface area contributed by atoms with Gasteiger partial charge in [-0.1, -0.05) is 55.0 Å². The van der Waals surface area contributed by atoms with Gasteiger partial charge in [0.05, 0.1) is 10.9 Å². The Kier molecular flexibility index (Phi) is 7.01. The molecule has 0 radical (unpaired) electrons. The standard InChI is InChI=1S/C22H29NO4S/c1-7-20(24)27-21(19-11-9-8-10-12-19)18(5)23(6)28(25,26)22-16(3)13-15(2)14-17(22)4/h8-14,18,21H,7H2,1-6H3. The number of benzene rings is 2. The van der Waals surface area contributed by atoms with E-state index in [2.05, 4.69) is 0 Å². The zero-order chi connectivity index (χ0) is 21.1. The highest BCUT2D eigenvalue weighted by Crippen LogP contribution is 2.31. The van der Waals surface area contributed by atoms with Gasteiger partial charge >= 0.3 is 5.97 Å². The lowest BCUT2D eigenvalue weighted by Crippen LogP contribution is -2.41. The van der Waals surface area contributed by atoms with Crippen LogP contribution in [0.5, 0.6) is 0 Å². The number of esters is 1. The van der Waals surface area contributed by atoms with E-state index in [1.807, 2.05) is 49.4 Å². The Labute approximate surface area is 168 Å². The number of carbonyl (C=O) groups excluding carboxylic acids is 1. The molecule has 0 aliphatic rings. The zero-order valence-electron chi connectivity index (χ0n) is 17.4. The summed E-state index contributed by atoms with van der Waals surface area (Å²) in [5, 5.41) is 0. The van der Waals surface area contributed by atoms with Gasteiger partial charge in [0.2, 0.25) is 10.0 Å². The van der Waals surface area contributed by atoms with Crippen molar-refractivity contribution in [3.63, 3.8) is 0 Å². The van der Waals surface area contributed by atoms with E-state index < -0.39 is 22.2 Å². The first kappa shape index (κ1) is 22.1. The zero-order valence-corrected chi connectivity index (χ0v) is 18.2. The molecule has 0 fully saturated rings. The molecule has 2 unspecified atom stereocenters. The minimum atomic E-state index is -3.77. The predicted molar refractivity (Wildman–Crippen MR) is 111 cm³/mol. The number of hydrogen-bond donors (Lipinski definition) is 0. The van der Waals surface area contributed by atoms with Gasteiger partial charge in [0.25, 0.3) is 0 Å². The SMILES string of the molecule is CCC(=O)OC(c1ccccc1)C(C)N(C)S(=O)(=O)c1c(C)cc(C)cc1C. The van der Waals surface area contributed by atoms with Gasteiger partial charge in [0.1, 0.15) is 6.10 Å². The third kappa shape index (κ3) is 4.62. The number of aryl methyl sites for hydroxylation is 3. The van der Waals surface area contributed by atoms with Crippen molar-refractivity contribution in [1.82, 2.24) is 4.31 Å². The lowest BCUT2D eigenvalue weighted by Gasteiger charge is -2.32. The largest absolute Gasteiger partial charge is 0.456 e. The molecular weight excluding hydrogens is 374 g/mol. The minimum absolute atomic E-state index is 0.225. The molecule has 0 bridgehead atoms. The summed E-state index contributed by atoms with van der Waals surface area (Å²) in [6.07, 6.45) is -0.470. The number of ether oxygens (including phenoxy) is 1. The highest BCUT2D eigenvalue weighted by Gasteiger charge is 2.35. The summed E-state index contributed by atoms with van der Waals surface area (Å²) in [5.74, 6) is -0.366. The Morgan fingerprint density at radius 2 is 1.61 bits per heavy atom. The lowest BCUT2D eigenvalue weighted by atomic mass is 10.0. The lowest BCUT2D eigenvalue weighted by molar-refractivity contribution is -0.151. The molecule has 0 heterocycles. The van der Waals surface area contributed by atoms with Crippen LogP contribution in [0.3, 0.4) is 0 Å². The fraction of sp³-hybridized carbons (Fsp3) is 0.409. The number of rotatable bonds is 7. The van der Waals surface area contributed by atoms with Crippen molar-refractivity contribution in [3.05, 3.63) is 64.7 Å². The first-order chi connectivity index (χ1) is 13.1. The fourth-order valence-corrected chi connectivity index (χ4v) is 5.21. The van der Waals surface area contributed by atoms with E-state index in [0.29, 0.717) is 16.0 Å². The second-order valence-electron chi connectivity index (χ2n) is 7.16. The third-order valence-corrected chi connectivity index (χ3v) is 7.18. The Morgan fingerprint density at radius 3 is 2.11 bits per heavy atom. The average Bonchev–Trinajstić information content (AvgIpc) is 2.64. The molecule has 152 valence electrons. The van der Waals surface area contributed by atoms with E-state index in [1.54, 1.807) is 27.7 Å². The third-order valence-electron chi connectivity index (χ3n) is 4.93. The van der Waals surface area contributed by atoms with Crippen LogP contribution in [-0.4, -0.2) is 31.8 Å². The van der Waals surface area contributed by atoms with Crippen molar-refractivity contribution in [2.75, 3.05) is 7.05 Å². The Morgan fingerprint density at radius 1 is 1.07 bits per heavy atom. The van der Waals surface area contributed by atoms with E-state index in [1.165, 1.54) is 11.4 Å². The van der Waals surface area contributed by atoms with Crippen molar-refractivity contribution in [2.45, 2.75) is 58.1 Å². The quantitative estimate of drug-likeness (QED) is 0.646. The molecule has 0 aromatic heterocycles. The average molecular weight is 404 g/mol. The second kappa shape index (κ2) is 8.88. The van der Waals surface area contributed by atoms with Crippen molar-refractivity contribution in [1.29, 1.82) is 0 Å². The Balaban J connectivity index is 2.46. The van der Waals surface area contributed by atoms with Gasteiger partial charge in [-0.15, -0.1) is 0 Å². The number of carbonyl (C=O) groups is 1. The maximum absolute atomic E-state index is 13.4. The van der Waals surface area contributed by atoms with Crippen LogP contribution in [-0.2, 0) is 19.6 Å². The molecular formula is C22H29NO4S. The van der Waals surface area contributed by atoms with Crippen molar-refractivity contribution >= 4 is 16.0 Å². The number of sulfonamides is 1. The summed E-state index contributed by atoms with van der Waals surface area (Å²) in [4.78, 5) is 12.3. The molecule has 0 spiro atoms. The van der Waals surface area contributed by atoms with Crippen LogP contribution >= 0.6 is 0 Å². The monoisotopic (exact) mass is 403 g/mol. The van der Waals surface area contributed by atoms with Crippen LogP contribution in [0.15, 0.2) is 47.4 Å². The normalized spacial score (nSPS) is 14.0. The first-order valence-corrected chi connectivity index (χ1v) is 10.8. The maximum atomic E-state index is 13.4. The van der Waals surface area contributed by atoms with Crippen LogP contribution < -0.4 is 0 Å². The number of nitrogens with zero attached hydrogens (tertiary/aromatic N) is 1. The first-order valence-electron chi connectivity index (χ1n) is 9.39. The van der Waals surface area contributed by atoms with Crippen LogP contribution in [0.25, 0.3) is 0 Å². The molecule has 28 heavy (non-hydrogen) atoms. The van der Waals surface area contributed by atoms with Gasteiger partial charge in [-0.05, 0) is 44.4 Å². The van der Waals surface area contributed by atoms with E-state index in [-0.39, 0.29) is 12.4 Å². The van der Waals surface area contributed by atoms with E-state index in [0.717, 1.165) is 11.1 Å².